The van der Waals surface area contributed by atoms with Crippen LogP contribution in [0.15, 0.2) is 12.1 Å². The molecule has 1 aromatic heterocycles. The van der Waals surface area contributed by atoms with Crippen molar-refractivity contribution in [3.8, 4) is 0 Å². The van der Waals surface area contributed by atoms with Crippen molar-refractivity contribution in [1.29, 1.82) is 0 Å². The maximum atomic E-state index is 6.14. The number of nitrogens with two attached hydrogens (primary N) is 1. The minimum absolute atomic E-state index is 0.858. The Hall–Kier alpha value is -1.29. The zero-order valence-electron chi connectivity index (χ0n) is 10.7. The van der Waals surface area contributed by atoms with E-state index in [1.54, 1.807) is 11.3 Å². The molecule has 3 nitrogen and oxygen atoms in total. The fraction of sp³-hybridized carbons (Fsp3) is 0.462. The van der Waals surface area contributed by atoms with E-state index in [9.17, 15) is 0 Å². The van der Waals surface area contributed by atoms with Crippen molar-refractivity contribution in [2.75, 3.05) is 23.7 Å². The molecule has 0 spiro atoms. The molecule has 0 fully saturated rings. The van der Waals surface area contributed by atoms with Crippen LogP contribution in [0.1, 0.15) is 25.3 Å². The van der Waals surface area contributed by atoms with E-state index >= 15 is 0 Å². The molecule has 4 heteroatoms. The Labute approximate surface area is 106 Å². The molecule has 0 saturated carbocycles. The fourth-order valence-corrected chi connectivity index (χ4v) is 2.94. The van der Waals surface area contributed by atoms with E-state index in [4.69, 9.17) is 5.73 Å². The third-order valence-corrected chi connectivity index (χ3v) is 3.79. The van der Waals surface area contributed by atoms with Crippen molar-refractivity contribution >= 4 is 32.9 Å². The van der Waals surface area contributed by atoms with Gasteiger partial charge in [-0.3, -0.25) is 0 Å². The fourth-order valence-electron chi connectivity index (χ4n) is 2.09. The normalized spacial score (nSPS) is 11.0. The largest absolute Gasteiger partial charge is 0.397 e. The first kappa shape index (κ1) is 12.2. The highest BCUT2D eigenvalue weighted by Crippen LogP contribution is 2.32. The van der Waals surface area contributed by atoms with Crippen LogP contribution in [0.4, 0.5) is 11.4 Å². The summed E-state index contributed by atoms with van der Waals surface area (Å²) in [4.78, 5) is 6.84. The lowest BCUT2D eigenvalue weighted by molar-refractivity contribution is 0.793. The van der Waals surface area contributed by atoms with Gasteiger partial charge in [-0.2, -0.15) is 0 Å². The molecule has 17 heavy (non-hydrogen) atoms. The maximum absolute atomic E-state index is 6.14. The first-order valence-electron chi connectivity index (χ1n) is 6.07. The summed E-state index contributed by atoms with van der Waals surface area (Å²) >= 11 is 1.70. The zero-order valence-corrected chi connectivity index (χ0v) is 11.5. The van der Waals surface area contributed by atoms with Gasteiger partial charge in [0, 0.05) is 13.1 Å². The molecule has 0 aliphatic carbocycles. The van der Waals surface area contributed by atoms with Crippen molar-refractivity contribution < 1.29 is 0 Å². The summed E-state index contributed by atoms with van der Waals surface area (Å²) in [5.74, 6) is 0. The highest BCUT2D eigenvalue weighted by molar-refractivity contribution is 7.18. The third kappa shape index (κ3) is 2.36. The summed E-state index contributed by atoms with van der Waals surface area (Å²) in [5.41, 5.74) is 9.18. The van der Waals surface area contributed by atoms with Crippen molar-refractivity contribution in [1.82, 2.24) is 4.98 Å². The number of rotatable bonds is 4. The van der Waals surface area contributed by atoms with Gasteiger partial charge in [-0.05, 0) is 32.4 Å². The molecule has 0 aliphatic rings. The molecule has 2 aromatic rings. The molecule has 0 bridgehead atoms. The van der Waals surface area contributed by atoms with E-state index in [0.717, 1.165) is 41.4 Å². The topological polar surface area (TPSA) is 42.2 Å². The summed E-state index contributed by atoms with van der Waals surface area (Å²) in [6, 6.07) is 4.17. The van der Waals surface area contributed by atoms with E-state index in [1.165, 1.54) is 4.70 Å². The summed E-state index contributed by atoms with van der Waals surface area (Å²) in [6.07, 6.45) is 1.13. The van der Waals surface area contributed by atoms with E-state index in [1.807, 2.05) is 13.0 Å². The van der Waals surface area contributed by atoms with Gasteiger partial charge in [0.2, 0.25) is 0 Å². The number of thiazole rings is 1. The minimum Gasteiger partial charge on any atom is -0.397 e. The number of nitrogens with zero attached hydrogens (tertiary/aromatic N) is 2. The van der Waals surface area contributed by atoms with Gasteiger partial charge in [0.25, 0.3) is 0 Å². The summed E-state index contributed by atoms with van der Waals surface area (Å²) in [5, 5.41) is 1.09. The second-order valence-electron chi connectivity index (χ2n) is 4.19. The van der Waals surface area contributed by atoms with Crippen LogP contribution < -0.4 is 10.6 Å². The van der Waals surface area contributed by atoms with Crippen LogP contribution in [0.25, 0.3) is 10.2 Å². The van der Waals surface area contributed by atoms with Crippen LogP contribution >= 0.6 is 11.3 Å². The Kier molecular flexibility index (Phi) is 3.52. The number of benzene rings is 1. The number of nitrogen functional groups attached to an aromatic ring is 1. The van der Waals surface area contributed by atoms with Gasteiger partial charge in [-0.15, -0.1) is 11.3 Å². The summed E-state index contributed by atoms with van der Waals surface area (Å²) in [6.45, 7) is 8.39. The SMILES string of the molecule is CCCN(CC)c1cc2nc(C)sc2cc1N. The second-order valence-corrected chi connectivity index (χ2v) is 5.43. The first-order chi connectivity index (χ1) is 8.15. The van der Waals surface area contributed by atoms with E-state index in [0.29, 0.717) is 0 Å². The van der Waals surface area contributed by atoms with Crippen molar-refractivity contribution in [3.05, 3.63) is 17.1 Å². The quantitative estimate of drug-likeness (QED) is 0.844. The average Bonchev–Trinajstić information content (AvgIpc) is 2.64. The summed E-state index contributed by atoms with van der Waals surface area (Å²) < 4.78 is 1.18. The number of aromatic nitrogens is 1. The zero-order chi connectivity index (χ0) is 12.4. The molecule has 92 valence electrons. The minimum atomic E-state index is 0.858. The van der Waals surface area contributed by atoms with Gasteiger partial charge in [0.05, 0.1) is 26.6 Å². The molecular formula is C13H19N3S. The van der Waals surface area contributed by atoms with E-state index < -0.39 is 0 Å². The van der Waals surface area contributed by atoms with E-state index in [-0.39, 0.29) is 0 Å². The smallest absolute Gasteiger partial charge is 0.0907 e. The van der Waals surface area contributed by atoms with Gasteiger partial charge >= 0.3 is 0 Å². The van der Waals surface area contributed by atoms with Gasteiger partial charge in [0.15, 0.2) is 0 Å². The predicted octanol–water partition coefficient (Wildman–Crippen LogP) is 3.42. The molecule has 0 saturated heterocycles. The molecule has 1 aromatic carbocycles. The molecule has 0 atom stereocenters. The number of hydrogen-bond acceptors (Lipinski definition) is 4. The Morgan fingerprint density at radius 2 is 2.12 bits per heavy atom. The first-order valence-corrected chi connectivity index (χ1v) is 6.89. The predicted molar refractivity (Wildman–Crippen MR) is 76.9 cm³/mol. The van der Waals surface area contributed by atoms with Crippen molar-refractivity contribution in [2.24, 2.45) is 0 Å². The van der Waals surface area contributed by atoms with Crippen LogP contribution in [-0.2, 0) is 0 Å². The van der Waals surface area contributed by atoms with Gasteiger partial charge in [-0.25, -0.2) is 4.98 Å². The second kappa shape index (κ2) is 4.92. The molecule has 0 unspecified atom stereocenters. The monoisotopic (exact) mass is 249 g/mol. The van der Waals surface area contributed by atoms with E-state index in [2.05, 4.69) is 29.8 Å². The Balaban J connectivity index is 2.48. The van der Waals surface area contributed by atoms with Gasteiger partial charge in [0.1, 0.15) is 0 Å². The number of hydrogen-bond donors (Lipinski definition) is 1. The maximum Gasteiger partial charge on any atom is 0.0907 e. The number of anilines is 2. The third-order valence-electron chi connectivity index (χ3n) is 2.86. The van der Waals surface area contributed by atoms with Crippen LogP contribution in [0.2, 0.25) is 0 Å². The van der Waals surface area contributed by atoms with Gasteiger partial charge in [-0.1, -0.05) is 6.92 Å². The van der Waals surface area contributed by atoms with Gasteiger partial charge < -0.3 is 10.6 Å². The Morgan fingerprint density at radius 3 is 2.76 bits per heavy atom. The molecule has 2 N–H and O–H groups in total. The van der Waals surface area contributed by atoms with Crippen molar-refractivity contribution in [3.63, 3.8) is 0 Å². The highest BCUT2D eigenvalue weighted by atomic mass is 32.1. The Bertz CT molecular complexity index is 519. The lowest BCUT2D eigenvalue weighted by Gasteiger charge is -2.23. The van der Waals surface area contributed by atoms with Crippen LogP contribution in [-0.4, -0.2) is 18.1 Å². The van der Waals surface area contributed by atoms with Crippen LogP contribution in [0, 0.1) is 6.92 Å². The number of fused-ring (bicyclic) bond motifs is 1. The molecule has 0 aliphatic heterocycles. The highest BCUT2D eigenvalue weighted by Gasteiger charge is 2.10. The molecular weight excluding hydrogens is 230 g/mol. The molecule has 0 radical (unpaired) electrons. The van der Waals surface area contributed by atoms with Crippen LogP contribution in [0.5, 0.6) is 0 Å². The molecule has 1 heterocycles. The Morgan fingerprint density at radius 1 is 1.35 bits per heavy atom. The molecule has 0 amide bonds. The van der Waals surface area contributed by atoms with Crippen LogP contribution in [0.3, 0.4) is 0 Å². The standard InChI is InChI=1S/C13H19N3S/c1-4-6-16(5-2)12-8-11-13(7-10(12)14)17-9(3)15-11/h7-8H,4-6,14H2,1-3H3. The molecule has 2 rings (SSSR count). The lowest BCUT2D eigenvalue weighted by atomic mass is 10.2. The van der Waals surface area contributed by atoms with Crippen molar-refractivity contribution in [2.45, 2.75) is 27.2 Å². The lowest BCUT2D eigenvalue weighted by Crippen LogP contribution is -2.24. The summed E-state index contributed by atoms with van der Waals surface area (Å²) in [7, 11) is 0. The average molecular weight is 249 g/mol. The number of aryl methyl sites for hydroxylation is 1.